The van der Waals surface area contributed by atoms with Gasteiger partial charge in [0.15, 0.2) is 0 Å². The summed E-state index contributed by atoms with van der Waals surface area (Å²) in [6, 6.07) is 1.26. The number of hydrogen-bond donors (Lipinski definition) is 2. The minimum atomic E-state index is -4.33. The molecule has 0 aliphatic carbocycles. The fourth-order valence-electron chi connectivity index (χ4n) is 1.06. The predicted molar refractivity (Wildman–Crippen MR) is 50.5 cm³/mol. The molecule has 1 aromatic heterocycles. The quantitative estimate of drug-likeness (QED) is 0.840. The third-order valence-corrected chi connectivity index (χ3v) is 1.78. The van der Waals surface area contributed by atoms with Crippen LogP contribution in [0.15, 0.2) is 12.3 Å². The molecule has 0 amide bonds. The topological polar surface area (TPSA) is 62.2 Å². The van der Waals surface area contributed by atoms with Crippen molar-refractivity contribution in [3.63, 3.8) is 0 Å². The van der Waals surface area contributed by atoms with Crippen LogP contribution in [0.1, 0.15) is 15.9 Å². The average Bonchev–Trinajstić information content (AvgIpc) is 2.14. The number of carbonyl (C=O) groups is 1. The summed E-state index contributed by atoms with van der Waals surface area (Å²) in [5, 5.41) is 10.7. The Bertz CT molecular complexity index is 404. The number of hydrogen-bond acceptors (Lipinski definition) is 3. The summed E-state index contributed by atoms with van der Waals surface area (Å²) in [7, 11) is 0. The number of nitrogens with one attached hydrogen (secondary N) is 1. The van der Waals surface area contributed by atoms with E-state index in [2.05, 4.69) is 10.3 Å². The van der Waals surface area contributed by atoms with E-state index in [9.17, 15) is 18.0 Å². The van der Waals surface area contributed by atoms with Gasteiger partial charge in [-0.3, -0.25) is 0 Å². The molecule has 0 saturated heterocycles. The maximum atomic E-state index is 11.9. The first kappa shape index (κ1) is 12.3. The summed E-state index contributed by atoms with van der Waals surface area (Å²) in [5.74, 6) is -1.14. The molecule has 1 heterocycles. The minimum absolute atomic E-state index is 0.0299. The van der Waals surface area contributed by atoms with Crippen LogP contribution in [0.3, 0.4) is 0 Å². The molecule has 0 aliphatic rings. The predicted octanol–water partition coefficient (Wildman–Crippen LogP) is 2.06. The fourth-order valence-corrected chi connectivity index (χ4v) is 1.06. The molecule has 0 atom stereocenters. The number of alkyl halides is 3. The van der Waals surface area contributed by atoms with Gasteiger partial charge in [0, 0.05) is 6.20 Å². The maximum Gasteiger partial charge on any atom is 0.405 e. The number of halogens is 3. The molecule has 4 nitrogen and oxygen atoms in total. The Labute approximate surface area is 89.1 Å². The number of pyridine rings is 1. The third-order valence-electron chi connectivity index (χ3n) is 1.78. The second-order valence-corrected chi connectivity index (χ2v) is 3.16. The van der Waals surface area contributed by atoms with Crippen molar-refractivity contribution in [1.82, 2.24) is 4.98 Å². The number of carboxylic acids is 1. The first-order chi connectivity index (χ1) is 7.29. The van der Waals surface area contributed by atoms with E-state index < -0.39 is 18.7 Å². The second-order valence-electron chi connectivity index (χ2n) is 3.16. The summed E-state index contributed by atoms with van der Waals surface area (Å²) >= 11 is 0. The van der Waals surface area contributed by atoms with E-state index in [0.29, 0.717) is 5.56 Å². The fraction of sp³-hybridized carbons (Fsp3) is 0.333. The summed E-state index contributed by atoms with van der Waals surface area (Å²) < 4.78 is 35.7. The van der Waals surface area contributed by atoms with Crippen molar-refractivity contribution < 1.29 is 23.1 Å². The molecule has 0 fully saturated rings. The zero-order valence-corrected chi connectivity index (χ0v) is 8.30. The molecule has 0 saturated carbocycles. The highest BCUT2D eigenvalue weighted by Gasteiger charge is 2.27. The molecule has 88 valence electrons. The van der Waals surface area contributed by atoms with E-state index in [0.717, 1.165) is 6.20 Å². The third kappa shape index (κ3) is 3.41. The summed E-state index contributed by atoms with van der Waals surface area (Å²) in [6.07, 6.45) is -3.33. The van der Waals surface area contributed by atoms with Gasteiger partial charge in [0.1, 0.15) is 12.4 Å². The summed E-state index contributed by atoms with van der Waals surface area (Å²) in [5.41, 5.74) is 0.291. The highest BCUT2D eigenvalue weighted by Crippen LogP contribution is 2.18. The van der Waals surface area contributed by atoms with Gasteiger partial charge >= 0.3 is 12.1 Å². The molecule has 0 radical (unpaired) electrons. The van der Waals surface area contributed by atoms with Crippen LogP contribution in [0.2, 0.25) is 0 Å². The zero-order valence-electron chi connectivity index (χ0n) is 8.30. The van der Waals surface area contributed by atoms with Crippen molar-refractivity contribution in [2.75, 3.05) is 11.9 Å². The van der Waals surface area contributed by atoms with Gasteiger partial charge < -0.3 is 10.4 Å². The Kier molecular flexibility index (Phi) is 3.36. The van der Waals surface area contributed by atoms with E-state index in [1.165, 1.54) is 13.0 Å². The van der Waals surface area contributed by atoms with Gasteiger partial charge in [0.05, 0.1) is 5.56 Å². The Morgan fingerprint density at radius 2 is 2.19 bits per heavy atom. The number of carboxylic acid groups (broad SMARTS) is 1. The molecule has 0 unspecified atom stereocenters. The van der Waals surface area contributed by atoms with E-state index >= 15 is 0 Å². The lowest BCUT2D eigenvalue weighted by molar-refractivity contribution is -0.115. The normalized spacial score (nSPS) is 11.2. The van der Waals surface area contributed by atoms with Crippen molar-refractivity contribution in [1.29, 1.82) is 0 Å². The highest BCUT2D eigenvalue weighted by molar-refractivity contribution is 5.87. The molecule has 0 aromatic carbocycles. The van der Waals surface area contributed by atoms with Gasteiger partial charge in [-0.15, -0.1) is 0 Å². The lowest BCUT2D eigenvalue weighted by Crippen LogP contribution is -2.22. The maximum absolute atomic E-state index is 11.9. The molecular formula is C9H9F3N2O2. The van der Waals surface area contributed by atoms with Crippen LogP contribution in [0.4, 0.5) is 19.0 Å². The summed E-state index contributed by atoms with van der Waals surface area (Å²) in [4.78, 5) is 14.2. The number of aryl methyl sites for hydroxylation is 1. The molecule has 7 heteroatoms. The van der Waals surface area contributed by atoms with Crippen LogP contribution in [-0.4, -0.2) is 28.8 Å². The lowest BCUT2D eigenvalue weighted by Gasteiger charge is -2.10. The molecular weight excluding hydrogens is 225 g/mol. The molecule has 1 rings (SSSR count). The SMILES string of the molecule is Cc1cc(C(=O)O)cnc1NCC(F)(F)F. The van der Waals surface area contributed by atoms with Crippen LogP contribution in [-0.2, 0) is 0 Å². The lowest BCUT2D eigenvalue weighted by atomic mass is 10.2. The van der Waals surface area contributed by atoms with E-state index in [-0.39, 0.29) is 11.4 Å². The highest BCUT2D eigenvalue weighted by atomic mass is 19.4. The number of rotatable bonds is 3. The van der Waals surface area contributed by atoms with E-state index in [4.69, 9.17) is 5.11 Å². The Morgan fingerprint density at radius 1 is 1.56 bits per heavy atom. The number of aromatic nitrogens is 1. The zero-order chi connectivity index (χ0) is 12.3. The second kappa shape index (κ2) is 4.38. The standard InChI is InChI=1S/C9H9F3N2O2/c1-5-2-6(8(15)16)3-13-7(5)14-4-9(10,11)12/h2-3H,4H2,1H3,(H,13,14)(H,15,16). The van der Waals surface area contributed by atoms with Crippen molar-refractivity contribution in [3.8, 4) is 0 Å². The van der Waals surface area contributed by atoms with E-state index in [1.54, 1.807) is 0 Å². The van der Waals surface area contributed by atoms with Gasteiger partial charge in [0.25, 0.3) is 0 Å². The van der Waals surface area contributed by atoms with Crippen LogP contribution < -0.4 is 5.32 Å². The molecule has 1 aromatic rings. The number of aromatic carboxylic acids is 1. The van der Waals surface area contributed by atoms with Gasteiger partial charge in [-0.25, -0.2) is 9.78 Å². The summed E-state index contributed by atoms with van der Waals surface area (Å²) in [6.45, 7) is 0.283. The van der Waals surface area contributed by atoms with Gasteiger partial charge in [-0.2, -0.15) is 13.2 Å². The Hall–Kier alpha value is -1.79. The number of nitrogens with zero attached hydrogens (tertiary/aromatic N) is 1. The van der Waals surface area contributed by atoms with Crippen molar-refractivity contribution >= 4 is 11.8 Å². The molecule has 0 bridgehead atoms. The first-order valence-corrected chi connectivity index (χ1v) is 4.30. The van der Waals surface area contributed by atoms with Crippen LogP contribution >= 0.6 is 0 Å². The Balaban J connectivity index is 2.80. The Morgan fingerprint density at radius 3 is 2.62 bits per heavy atom. The largest absolute Gasteiger partial charge is 0.478 e. The van der Waals surface area contributed by atoms with E-state index in [1.807, 2.05) is 0 Å². The molecule has 0 spiro atoms. The minimum Gasteiger partial charge on any atom is -0.478 e. The van der Waals surface area contributed by atoms with Crippen molar-refractivity contribution in [3.05, 3.63) is 23.4 Å². The van der Waals surface area contributed by atoms with Gasteiger partial charge in [-0.05, 0) is 18.6 Å². The molecule has 16 heavy (non-hydrogen) atoms. The molecule has 0 aliphatic heterocycles. The monoisotopic (exact) mass is 234 g/mol. The van der Waals surface area contributed by atoms with Gasteiger partial charge in [0.2, 0.25) is 0 Å². The average molecular weight is 234 g/mol. The van der Waals surface area contributed by atoms with Crippen LogP contribution in [0.25, 0.3) is 0 Å². The number of anilines is 1. The van der Waals surface area contributed by atoms with Crippen molar-refractivity contribution in [2.24, 2.45) is 0 Å². The van der Waals surface area contributed by atoms with Gasteiger partial charge in [-0.1, -0.05) is 0 Å². The van der Waals surface area contributed by atoms with Crippen LogP contribution in [0.5, 0.6) is 0 Å². The van der Waals surface area contributed by atoms with Crippen molar-refractivity contribution in [2.45, 2.75) is 13.1 Å². The smallest absolute Gasteiger partial charge is 0.405 e. The first-order valence-electron chi connectivity index (χ1n) is 4.30. The molecule has 2 N–H and O–H groups in total. The van der Waals surface area contributed by atoms with Crippen LogP contribution in [0, 0.1) is 6.92 Å².